The summed E-state index contributed by atoms with van der Waals surface area (Å²) in [6.45, 7) is 3.71. The number of carbonyl (C=O) groups excluding carboxylic acids is 1. The highest BCUT2D eigenvalue weighted by molar-refractivity contribution is 7.89. The molecule has 134 valence electrons. The number of nitrogens with zero attached hydrogens (tertiary/aromatic N) is 1. The molecule has 0 saturated carbocycles. The highest BCUT2D eigenvalue weighted by Crippen LogP contribution is 2.25. The molecule has 0 fully saturated rings. The van der Waals surface area contributed by atoms with Gasteiger partial charge < -0.3 is 5.32 Å². The van der Waals surface area contributed by atoms with Gasteiger partial charge in [0.25, 0.3) is 0 Å². The number of carbonyl (C=O) groups is 1. The Morgan fingerprint density at radius 2 is 1.72 bits per heavy atom. The van der Waals surface area contributed by atoms with Gasteiger partial charge in [-0.25, -0.2) is 12.7 Å². The molecule has 0 spiro atoms. The van der Waals surface area contributed by atoms with Crippen LogP contribution in [-0.2, 0) is 21.2 Å². The van der Waals surface area contributed by atoms with E-state index in [1.807, 2.05) is 44.2 Å². The van der Waals surface area contributed by atoms with E-state index in [-0.39, 0.29) is 10.8 Å². The van der Waals surface area contributed by atoms with Crippen LogP contribution < -0.4 is 5.32 Å². The monoisotopic (exact) mass is 360 g/mol. The fourth-order valence-corrected chi connectivity index (χ4v) is 3.45. The molecular weight excluding hydrogens is 336 g/mol. The maximum Gasteiger partial charge on any atom is 0.242 e. The lowest BCUT2D eigenvalue weighted by atomic mass is 10.1. The molecule has 0 aliphatic heterocycles. The standard InChI is InChI=1S/C19H24N2O3S/c1-14-12-17(25(23,24)21(3)4)13-18(15(14)2)20-19(22)11-10-16-8-6-5-7-9-16/h5-9,12-13H,10-11H2,1-4H3,(H,20,22). The zero-order chi connectivity index (χ0) is 18.6. The number of rotatable bonds is 6. The number of aryl methyl sites for hydroxylation is 2. The molecule has 25 heavy (non-hydrogen) atoms. The second kappa shape index (κ2) is 7.80. The number of sulfonamides is 1. The van der Waals surface area contributed by atoms with Gasteiger partial charge in [-0.15, -0.1) is 0 Å². The van der Waals surface area contributed by atoms with Gasteiger partial charge in [0.15, 0.2) is 0 Å². The van der Waals surface area contributed by atoms with Crippen molar-refractivity contribution in [1.29, 1.82) is 0 Å². The van der Waals surface area contributed by atoms with Crippen LogP contribution in [0.3, 0.4) is 0 Å². The Bertz CT molecular complexity index is 860. The van der Waals surface area contributed by atoms with Crippen molar-refractivity contribution < 1.29 is 13.2 Å². The van der Waals surface area contributed by atoms with E-state index in [0.29, 0.717) is 18.5 Å². The van der Waals surface area contributed by atoms with Gasteiger partial charge in [0.2, 0.25) is 15.9 Å². The second-order valence-electron chi connectivity index (χ2n) is 6.23. The van der Waals surface area contributed by atoms with Crippen molar-refractivity contribution in [2.24, 2.45) is 0 Å². The quantitative estimate of drug-likeness (QED) is 0.861. The minimum absolute atomic E-state index is 0.134. The molecule has 0 atom stereocenters. The molecular formula is C19H24N2O3S. The summed E-state index contributed by atoms with van der Waals surface area (Å²) in [6, 6.07) is 12.9. The maximum atomic E-state index is 12.4. The highest BCUT2D eigenvalue weighted by atomic mass is 32.2. The zero-order valence-electron chi connectivity index (χ0n) is 15.0. The van der Waals surface area contributed by atoms with Crippen molar-refractivity contribution in [3.8, 4) is 0 Å². The first-order chi connectivity index (χ1) is 11.7. The Balaban J connectivity index is 2.18. The molecule has 0 saturated heterocycles. The minimum Gasteiger partial charge on any atom is -0.326 e. The minimum atomic E-state index is -3.55. The van der Waals surface area contributed by atoms with Crippen molar-refractivity contribution in [1.82, 2.24) is 4.31 Å². The Labute approximate surface area is 149 Å². The first kappa shape index (κ1) is 19.1. The van der Waals surface area contributed by atoms with Crippen LogP contribution in [0.15, 0.2) is 47.4 Å². The average molecular weight is 360 g/mol. The van der Waals surface area contributed by atoms with E-state index < -0.39 is 10.0 Å². The fraction of sp³-hybridized carbons (Fsp3) is 0.316. The van der Waals surface area contributed by atoms with Crippen molar-refractivity contribution in [3.63, 3.8) is 0 Å². The summed E-state index contributed by atoms with van der Waals surface area (Å²) in [6.07, 6.45) is 0.980. The van der Waals surface area contributed by atoms with E-state index in [2.05, 4.69) is 5.32 Å². The number of benzene rings is 2. The smallest absolute Gasteiger partial charge is 0.242 e. The van der Waals surface area contributed by atoms with Crippen LogP contribution in [0.2, 0.25) is 0 Å². The lowest BCUT2D eigenvalue weighted by Gasteiger charge is -2.16. The summed E-state index contributed by atoms with van der Waals surface area (Å²) in [5.74, 6) is -0.134. The molecule has 1 amide bonds. The predicted octanol–water partition coefficient (Wildman–Crippen LogP) is 3.13. The van der Waals surface area contributed by atoms with Gasteiger partial charge >= 0.3 is 0 Å². The topological polar surface area (TPSA) is 66.5 Å². The molecule has 6 heteroatoms. The second-order valence-corrected chi connectivity index (χ2v) is 8.39. The van der Waals surface area contributed by atoms with Crippen molar-refractivity contribution >= 4 is 21.6 Å². The lowest BCUT2D eigenvalue weighted by molar-refractivity contribution is -0.116. The summed E-state index contributed by atoms with van der Waals surface area (Å²) < 4.78 is 25.9. The maximum absolute atomic E-state index is 12.4. The highest BCUT2D eigenvalue weighted by Gasteiger charge is 2.20. The lowest BCUT2D eigenvalue weighted by Crippen LogP contribution is -2.23. The van der Waals surface area contributed by atoms with Gasteiger partial charge in [-0.3, -0.25) is 4.79 Å². The first-order valence-corrected chi connectivity index (χ1v) is 9.53. The molecule has 0 aliphatic rings. The SMILES string of the molecule is Cc1cc(S(=O)(=O)N(C)C)cc(NC(=O)CCc2ccccc2)c1C. The van der Waals surface area contributed by atoms with Crippen LogP contribution in [-0.4, -0.2) is 32.7 Å². The van der Waals surface area contributed by atoms with Crippen molar-refractivity contribution in [3.05, 3.63) is 59.2 Å². The van der Waals surface area contributed by atoms with E-state index in [4.69, 9.17) is 0 Å². The largest absolute Gasteiger partial charge is 0.326 e. The normalized spacial score (nSPS) is 11.6. The van der Waals surface area contributed by atoms with Gasteiger partial charge in [-0.2, -0.15) is 0 Å². The molecule has 0 aromatic heterocycles. The fourth-order valence-electron chi connectivity index (χ4n) is 2.43. The molecule has 2 aromatic carbocycles. The van der Waals surface area contributed by atoms with Gasteiger partial charge in [-0.1, -0.05) is 30.3 Å². The molecule has 2 aromatic rings. The van der Waals surface area contributed by atoms with E-state index in [9.17, 15) is 13.2 Å². The molecule has 0 heterocycles. The Morgan fingerprint density at radius 3 is 2.32 bits per heavy atom. The van der Waals surface area contributed by atoms with Crippen molar-refractivity contribution in [2.75, 3.05) is 19.4 Å². The average Bonchev–Trinajstić information content (AvgIpc) is 2.57. The van der Waals surface area contributed by atoms with Crippen LogP contribution >= 0.6 is 0 Å². The van der Waals surface area contributed by atoms with E-state index in [0.717, 1.165) is 21.0 Å². The third kappa shape index (κ3) is 4.67. The van der Waals surface area contributed by atoms with Crippen LogP contribution in [0.5, 0.6) is 0 Å². The van der Waals surface area contributed by atoms with Crippen LogP contribution in [0.25, 0.3) is 0 Å². The summed E-state index contributed by atoms with van der Waals surface area (Å²) in [5, 5.41) is 2.85. The Morgan fingerprint density at radius 1 is 1.08 bits per heavy atom. The molecule has 0 aliphatic carbocycles. The van der Waals surface area contributed by atoms with E-state index in [1.165, 1.54) is 20.2 Å². The molecule has 0 radical (unpaired) electrons. The van der Waals surface area contributed by atoms with Gasteiger partial charge in [0, 0.05) is 26.2 Å². The Hall–Kier alpha value is -2.18. The van der Waals surface area contributed by atoms with Gasteiger partial charge in [0.1, 0.15) is 0 Å². The molecule has 1 N–H and O–H groups in total. The molecule has 0 bridgehead atoms. The first-order valence-electron chi connectivity index (χ1n) is 8.09. The number of hydrogen-bond acceptors (Lipinski definition) is 3. The number of amides is 1. The number of anilines is 1. The summed E-state index contributed by atoms with van der Waals surface area (Å²) in [4.78, 5) is 12.5. The van der Waals surface area contributed by atoms with Crippen molar-refractivity contribution in [2.45, 2.75) is 31.6 Å². The van der Waals surface area contributed by atoms with Crippen LogP contribution in [0, 0.1) is 13.8 Å². The van der Waals surface area contributed by atoms with Gasteiger partial charge in [-0.05, 0) is 49.1 Å². The number of hydrogen-bond donors (Lipinski definition) is 1. The third-order valence-electron chi connectivity index (χ3n) is 4.18. The summed E-state index contributed by atoms with van der Waals surface area (Å²) in [5.41, 5.74) is 3.32. The van der Waals surface area contributed by atoms with Crippen LogP contribution in [0.1, 0.15) is 23.1 Å². The van der Waals surface area contributed by atoms with E-state index in [1.54, 1.807) is 6.07 Å². The zero-order valence-corrected chi connectivity index (χ0v) is 15.9. The molecule has 0 unspecified atom stereocenters. The van der Waals surface area contributed by atoms with Crippen LogP contribution in [0.4, 0.5) is 5.69 Å². The van der Waals surface area contributed by atoms with E-state index >= 15 is 0 Å². The summed E-state index contributed by atoms with van der Waals surface area (Å²) >= 11 is 0. The molecule has 5 nitrogen and oxygen atoms in total. The van der Waals surface area contributed by atoms with Gasteiger partial charge in [0.05, 0.1) is 4.90 Å². The molecule has 2 rings (SSSR count). The Kier molecular flexibility index (Phi) is 5.98. The summed E-state index contributed by atoms with van der Waals surface area (Å²) in [7, 11) is -0.570. The predicted molar refractivity (Wildman–Crippen MR) is 100 cm³/mol. The number of nitrogens with one attached hydrogen (secondary N) is 1. The third-order valence-corrected chi connectivity index (χ3v) is 5.97.